The zero-order valence-electron chi connectivity index (χ0n) is 14.9. The number of amides is 1. The van der Waals surface area contributed by atoms with E-state index in [4.69, 9.17) is 11.6 Å². The lowest BCUT2D eigenvalue weighted by molar-refractivity contribution is -0.122. The molecule has 146 valence electrons. The first-order chi connectivity index (χ1) is 13.6. The topological polar surface area (TPSA) is 67.2 Å². The number of aliphatic hydroxyl groups excluding tert-OH is 1. The van der Waals surface area contributed by atoms with Crippen molar-refractivity contribution in [1.82, 2.24) is 14.9 Å². The summed E-state index contributed by atoms with van der Waals surface area (Å²) in [6.45, 7) is 0.173. The second-order valence-corrected chi connectivity index (χ2v) is 7.38. The summed E-state index contributed by atoms with van der Waals surface area (Å²) in [5.74, 6) is -0.331. The van der Waals surface area contributed by atoms with Crippen molar-refractivity contribution in [3.8, 4) is 0 Å². The highest BCUT2D eigenvalue weighted by Gasteiger charge is 2.15. The van der Waals surface area contributed by atoms with Crippen molar-refractivity contribution >= 4 is 29.3 Å². The Morgan fingerprint density at radius 1 is 1.21 bits per heavy atom. The number of aliphatic hydroxyl groups is 1. The summed E-state index contributed by atoms with van der Waals surface area (Å²) in [5.41, 5.74) is 1.88. The van der Waals surface area contributed by atoms with Crippen molar-refractivity contribution in [2.24, 2.45) is 0 Å². The van der Waals surface area contributed by atoms with Crippen LogP contribution in [0.25, 0.3) is 0 Å². The van der Waals surface area contributed by atoms with Gasteiger partial charge in [0.1, 0.15) is 12.4 Å². The van der Waals surface area contributed by atoms with Crippen LogP contribution < -0.4 is 5.32 Å². The van der Waals surface area contributed by atoms with Crippen molar-refractivity contribution in [1.29, 1.82) is 0 Å². The molecule has 0 bridgehead atoms. The lowest BCUT2D eigenvalue weighted by Gasteiger charge is -2.12. The fraction of sp³-hybridized carbons (Fsp3) is 0.200. The third kappa shape index (κ3) is 5.13. The maximum Gasteiger partial charge on any atom is 0.240 e. The van der Waals surface area contributed by atoms with E-state index in [-0.39, 0.29) is 30.6 Å². The molecule has 0 fully saturated rings. The molecule has 0 aliphatic heterocycles. The minimum Gasteiger partial charge on any atom is -0.390 e. The molecule has 0 radical (unpaired) electrons. The molecule has 0 saturated carbocycles. The van der Waals surface area contributed by atoms with Gasteiger partial charge in [-0.25, -0.2) is 9.37 Å². The predicted octanol–water partition coefficient (Wildman–Crippen LogP) is 3.78. The standard InChI is InChI=1S/C20H19ClFN3O2S/c21-17-7-4-8-18(22)16(17)13-28-20-24-10-15(12-26)25(20)11-19(27)23-9-14-5-2-1-3-6-14/h1-8,10,26H,9,11-13H2,(H,23,27). The Balaban J connectivity index is 1.67. The average Bonchev–Trinajstić information content (AvgIpc) is 3.08. The highest BCUT2D eigenvalue weighted by molar-refractivity contribution is 7.98. The molecule has 0 saturated heterocycles. The first-order valence-electron chi connectivity index (χ1n) is 8.60. The largest absolute Gasteiger partial charge is 0.390 e. The summed E-state index contributed by atoms with van der Waals surface area (Å²) >= 11 is 7.32. The molecular weight excluding hydrogens is 401 g/mol. The van der Waals surface area contributed by atoms with Crippen molar-refractivity contribution in [3.63, 3.8) is 0 Å². The molecule has 5 nitrogen and oxygen atoms in total. The minimum atomic E-state index is -0.388. The van der Waals surface area contributed by atoms with Crippen LogP contribution in [0.3, 0.4) is 0 Å². The SMILES string of the molecule is O=C(Cn1c(CO)cnc1SCc1c(F)cccc1Cl)NCc1ccccc1. The van der Waals surface area contributed by atoms with E-state index in [0.717, 1.165) is 5.56 Å². The monoisotopic (exact) mass is 419 g/mol. The Morgan fingerprint density at radius 3 is 2.71 bits per heavy atom. The molecule has 0 spiro atoms. The Bertz CT molecular complexity index is 930. The van der Waals surface area contributed by atoms with E-state index >= 15 is 0 Å². The fourth-order valence-electron chi connectivity index (χ4n) is 2.61. The van der Waals surface area contributed by atoms with Gasteiger partial charge in [-0.05, 0) is 17.7 Å². The van der Waals surface area contributed by atoms with Crippen LogP contribution in [0.15, 0.2) is 59.9 Å². The van der Waals surface area contributed by atoms with Gasteiger partial charge in [0, 0.05) is 22.9 Å². The van der Waals surface area contributed by atoms with Crippen LogP contribution in [0.4, 0.5) is 4.39 Å². The Labute approximate surface area is 171 Å². The first-order valence-corrected chi connectivity index (χ1v) is 9.96. The second kappa shape index (κ2) is 9.73. The van der Waals surface area contributed by atoms with Crippen LogP contribution in [0, 0.1) is 5.82 Å². The van der Waals surface area contributed by atoms with Crippen molar-refractivity contribution < 1.29 is 14.3 Å². The third-order valence-electron chi connectivity index (χ3n) is 4.11. The van der Waals surface area contributed by atoms with Crippen LogP contribution in [0.2, 0.25) is 5.02 Å². The number of hydrogen-bond donors (Lipinski definition) is 2. The van der Waals surface area contributed by atoms with Gasteiger partial charge in [-0.1, -0.05) is 59.8 Å². The van der Waals surface area contributed by atoms with Gasteiger partial charge in [-0.15, -0.1) is 0 Å². The molecule has 28 heavy (non-hydrogen) atoms. The van der Waals surface area contributed by atoms with E-state index in [2.05, 4.69) is 10.3 Å². The number of nitrogens with one attached hydrogen (secondary N) is 1. The maximum absolute atomic E-state index is 14.0. The number of thioether (sulfide) groups is 1. The summed E-state index contributed by atoms with van der Waals surface area (Å²) in [6, 6.07) is 14.1. The number of halogens is 2. The highest BCUT2D eigenvalue weighted by atomic mass is 35.5. The molecule has 1 amide bonds. The molecule has 0 aliphatic rings. The van der Waals surface area contributed by atoms with E-state index in [1.165, 1.54) is 24.0 Å². The predicted molar refractivity (Wildman–Crippen MR) is 107 cm³/mol. The lowest BCUT2D eigenvalue weighted by Crippen LogP contribution is -2.28. The Kier molecular flexibility index (Phi) is 7.08. The fourth-order valence-corrected chi connectivity index (χ4v) is 3.95. The average molecular weight is 420 g/mol. The number of carbonyl (C=O) groups excluding carboxylic acids is 1. The molecule has 3 rings (SSSR count). The van der Waals surface area contributed by atoms with Crippen LogP contribution in [-0.4, -0.2) is 20.6 Å². The van der Waals surface area contributed by atoms with E-state index in [0.29, 0.717) is 28.0 Å². The van der Waals surface area contributed by atoms with Crippen LogP contribution in [0.1, 0.15) is 16.8 Å². The molecule has 0 aliphatic carbocycles. The number of rotatable bonds is 8. The molecular formula is C20H19ClFN3O2S. The van der Waals surface area contributed by atoms with Crippen LogP contribution >= 0.6 is 23.4 Å². The molecule has 2 aromatic carbocycles. The van der Waals surface area contributed by atoms with E-state index in [1.807, 2.05) is 30.3 Å². The molecule has 0 unspecified atom stereocenters. The van der Waals surface area contributed by atoms with E-state index in [1.54, 1.807) is 16.7 Å². The normalized spacial score (nSPS) is 10.8. The number of carbonyl (C=O) groups is 1. The van der Waals surface area contributed by atoms with Gasteiger partial charge in [0.25, 0.3) is 0 Å². The number of hydrogen-bond acceptors (Lipinski definition) is 4. The number of nitrogens with zero attached hydrogens (tertiary/aromatic N) is 2. The maximum atomic E-state index is 14.0. The number of imidazole rings is 1. The number of benzene rings is 2. The summed E-state index contributed by atoms with van der Waals surface area (Å²) in [5, 5.41) is 13.2. The molecule has 1 heterocycles. The lowest BCUT2D eigenvalue weighted by atomic mass is 10.2. The first kappa shape index (κ1) is 20.4. The zero-order valence-corrected chi connectivity index (χ0v) is 16.5. The van der Waals surface area contributed by atoms with Gasteiger partial charge < -0.3 is 15.0 Å². The van der Waals surface area contributed by atoms with Gasteiger partial charge in [0.2, 0.25) is 5.91 Å². The van der Waals surface area contributed by atoms with E-state index in [9.17, 15) is 14.3 Å². The van der Waals surface area contributed by atoms with Crippen LogP contribution in [0.5, 0.6) is 0 Å². The Hall–Kier alpha value is -2.35. The summed E-state index contributed by atoms with van der Waals surface area (Å²) in [4.78, 5) is 16.6. The summed E-state index contributed by atoms with van der Waals surface area (Å²) in [7, 11) is 0. The van der Waals surface area contributed by atoms with Crippen LogP contribution in [-0.2, 0) is 30.2 Å². The molecule has 3 aromatic rings. The summed E-state index contributed by atoms with van der Waals surface area (Å²) < 4.78 is 15.6. The third-order valence-corrected chi connectivity index (χ3v) is 5.48. The smallest absolute Gasteiger partial charge is 0.240 e. The second-order valence-electron chi connectivity index (χ2n) is 6.03. The van der Waals surface area contributed by atoms with Gasteiger partial charge in [-0.2, -0.15) is 0 Å². The minimum absolute atomic E-state index is 0.00998. The molecule has 8 heteroatoms. The zero-order chi connectivity index (χ0) is 19.9. The number of aromatic nitrogens is 2. The van der Waals surface area contributed by atoms with E-state index < -0.39 is 0 Å². The van der Waals surface area contributed by atoms with Crippen molar-refractivity contribution in [3.05, 3.63) is 82.4 Å². The van der Waals surface area contributed by atoms with Gasteiger partial charge in [0.15, 0.2) is 5.16 Å². The van der Waals surface area contributed by atoms with Crippen molar-refractivity contribution in [2.45, 2.75) is 30.6 Å². The highest BCUT2D eigenvalue weighted by Crippen LogP contribution is 2.28. The quantitative estimate of drug-likeness (QED) is 0.545. The summed E-state index contributed by atoms with van der Waals surface area (Å²) in [6.07, 6.45) is 1.51. The Morgan fingerprint density at radius 2 is 2.00 bits per heavy atom. The van der Waals surface area contributed by atoms with Gasteiger partial charge in [-0.3, -0.25) is 4.79 Å². The van der Waals surface area contributed by atoms with Crippen molar-refractivity contribution in [2.75, 3.05) is 0 Å². The van der Waals surface area contributed by atoms with Gasteiger partial charge >= 0.3 is 0 Å². The molecule has 0 atom stereocenters. The van der Waals surface area contributed by atoms with Gasteiger partial charge in [0.05, 0.1) is 18.5 Å². The molecule has 1 aromatic heterocycles. The molecule has 2 N–H and O–H groups in total.